The van der Waals surface area contributed by atoms with E-state index in [2.05, 4.69) is 53.7 Å². The van der Waals surface area contributed by atoms with Crippen LogP contribution in [0.15, 0.2) is 23.3 Å². The predicted octanol–water partition coefficient (Wildman–Crippen LogP) is 8.58. The summed E-state index contributed by atoms with van der Waals surface area (Å²) in [4.78, 5) is 0. The molecular weight excluding hydrogens is 312 g/mol. The second-order valence-electron chi connectivity index (χ2n) is 10.2. The molecule has 2 bridgehead atoms. The largest absolute Gasteiger partial charge is 0.0856 e. The van der Waals surface area contributed by atoms with E-state index in [0.717, 1.165) is 35.5 Å². The third-order valence-electron chi connectivity index (χ3n) is 7.58. The van der Waals surface area contributed by atoms with E-state index in [0.29, 0.717) is 0 Å². The van der Waals surface area contributed by atoms with Crippen molar-refractivity contribution in [1.29, 1.82) is 0 Å². The minimum atomic E-state index is 0.845. The maximum absolute atomic E-state index is 2.58. The molecule has 0 heterocycles. The summed E-state index contributed by atoms with van der Waals surface area (Å²) in [5, 5.41) is 0. The summed E-state index contributed by atoms with van der Waals surface area (Å²) < 4.78 is 0. The Balaban J connectivity index is 2.30. The van der Waals surface area contributed by atoms with Gasteiger partial charge in [-0.3, -0.25) is 0 Å². The lowest BCUT2D eigenvalue weighted by Crippen LogP contribution is -2.37. The standard InChI is InChI=1S/C26H46/c1-19(2)15-17-22(6)24-13-10-9-12-23-21(5)11-7-8-14-25(24)26(23)18-16-20(3)4/h15-16,21-26H,7-14,17-18H2,1-6H3. The van der Waals surface area contributed by atoms with Crippen molar-refractivity contribution in [3.8, 4) is 0 Å². The van der Waals surface area contributed by atoms with Crippen LogP contribution in [0.25, 0.3) is 0 Å². The van der Waals surface area contributed by atoms with Crippen molar-refractivity contribution in [2.75, 3.05) is 0 Å². The maximum atomic E-state index is 2.58. The van der Waals surface area contributed by atoms with E-state index in [-0.39, 0.29) is 0 Å². The van der Waals surface area contributed by atoms with Crippen LogP contribution in [0.4, 0.5) is 0 Å². The van der Waals surface area contributed by atoms with Crippen LogP contribution in [-0.4, -0.2) is 0 Å². The SMILES string of the molecule is CC(C)=CCC(C)C1CCCCC2C(C)CCCCC1C2CC=C(C)C. The molecule has 6 atom stereocenters. The smallest absolute Gasteiger partial charge is 0.0314 e. The van der Waals surface area contributed by atoms with Crippen molar-refractivity contribution in [2.45, 2.75) is 106 Å². The lowest BCUT2D eigenvalue weighted by molar-refractivity contribution is 0.0465. The minimum absolute atomic E-state index is 0.845. The molecule has 6 unspecified atom stereocenters. The Morgan fingerprint density at radius 2 is 1.38 bits per heavy atom. The number of allylic oxidation sites excluding steroid dienone is 4. The summed E-state index contributed by atoms with van der Waals surface area (Å²) in [6, 6.07) is 0. The van der Waals surface area contributed by atoms with Crippen molar-refractivity contribution in [1.82, 2.24) is 0 Å². The Morgan fingerprint density at radius 1 is 0.808 bits per heavy atom. The summed E-state index contributed by atoms with van der Waals surface area (Å²) >= 11 is 0. The number of hydrogen-bond donors (Lipinski definition) is 0. The minimum Gasteiger partial charge on any atom is -0.0856 e. The first-order chi connectivity index (χ1) is 12.4. The van der Waals surface area contributed by atoms with Crippen molar-refractivity contribution in [3.63, 3.8) is 0 Å². The summed E-state index contributed by atoms with van der Waals surface area (Å²) in [6.45, 7) is 14.2. The van der Waals surface area contributed by atoms with Crippen molar-refractivity contribution in [3.05, 3.63) is 23.3 Å². The zero-order chi connectivity index (χ0) is 19.1. The Hall–Kier alpha value is -0.520. The third-order valence-corrected chi connectivity index (χ3v) is 7.58. The van der Waals surface area contributed by atoms with Gasteiger partial charge in [0, 0.05) is 0 Å². The molecule has 150 valence electrons. The van der Waals surface area contributed by atoms with E-state index >= 15 is 0 Å². The van der Waals surface area contributed by atoms with Crippen LogP contribution in [0.2, 0.25) is 0 Å². The van der Waals surface area contributed by atoms with Crippen LogP contribution in [0, 0.1) is 35.5 Å². The van der Waals surface area contributed by atoms with Gasteiger partial charge in [0.05, 0.1) is 0 Å². The van der Waals surface area contributed by atoms with Crippen molar-refractivity contribution < 1.29 is 0 Å². The van der Waals surface area contributed by atoms with Gasteiger partial charge in [-0.05, 0) is 95.3 Å². The van der Waals surface area contributed by atoms with Gasteiger partial charge < -0.3 is 0 Å². The molecule has 2 fully saturated rings. The molecule has 0 nitrogen and oxygen atoms in total. The Bertz CT molecular complexity index is 460. The molecule has 26 heavy (non-hydrogen) atoms. The molecule has 0 saturated heterocycles. The van der Waals surface area contributed by atoms with Crippen molar-refractivity contribution >= 4 is 0 Å². The van der Waals surface area contributed by atoms with Crippen LogP contribution < -0.4 is 0 Å². The first-order valence-corrected chi connectivity index (χ1v) is 11.7. The normalized spacial score (nSPS) is 33.8. The van der Waals surface area contributed by atoms with Crippen molar-refractivity contribution in [2.24, 2.45) is 35.5 Å². The molecule has 0 aliphatic heterocycles. The number of fused-ring (bicyclic) bond motifs is 2. The molecule has 2 saturated carbocycles. The highest BCUT2D eigenvalue weighted by atomic mass is 14.4. The topological polar surface area (TPSA) is 0 Å². The molecule has 0 radical (unpaired) electrons. The molecule has 0 spiro atoms. The molecule has 0 heteroatoms. The fourth-order valence-electron chi connectivity index (χ4n) is 6.04. The first-order valence-electron chi connectivity index (χ1n) is 11.7. The van der Waals surface area contributed by atoms with E-state index < -0.39 is 0 Å². The number of rotatable bonds is 5. The zero-order valence-corrected chi connectivity index (χ0v) is 18.7. The monoisotopic (exact) mass is 358 g/mol. The average Bonchev–Trinajstić information content (AvgIpc) is 2.55. The quantitative estimate of drug-likeness (QED) is 0.432. The highest BCUT2D eigenvalue weighted by Gasteiger charge is 2.39. The summed E-state index contributed by atoms with van der Waals surface area (Å²) in [5.74, 6) is 5.57. The van der Waals surface area contributed by atoms with Gasteiger partial charge in [-0.1, -0.05) is 69.2 Å². The molecular formula is C26H46. The predicted molar refractivity (Wildman–Crippen MR) is 117 cm³/mol. The van der Waals surface area contributed by atoms with E-state index in [9.17, 15) is 0 Å². The molecule has 2 aliphatic rings. The second kappa shape index (κ2) is 10.7. The van der Waals surface area contributed by atoms with E-state index in [1.807, 2.05) is 0 Å². The van der Waals surface area contributed by atoms with Crippen LogP contribution in [-0.2, 0) is 0 Å². The second-order valence-corrected chi connectivity index (χ2v) is 10.2. The fourth-order valence-corrected chi connectivity index (χ4v) is 6.04. The lowest BCUT2D eigenvalue weighted by Gasteiger charge is -2.46. The Morgan fingerprint density at radius 3 is 2.04 bits per heavy atom. The van der Waals surface area contributed by atoms with Gasteiger partial charge >= 0.3 is 0 Å². The van der Waals surface area contributed by atoms with Gasteiger partial charge in [0.25, 0.3) is 0 Å². The molecule has 2 rings (SSSR count). The van der Waals surface area contributed by atoms with Gasteiger partial charge in [0.2, 0.25) is 0 Å². The van der Waals surface area contributed by atoms with Gasteiger partial charge in [-0.15, -0.1) is 0 Å². The van der Waals surface area contributed by atoms with Gasteiger partial charge in [0.1, 0.15) is 0 Å². The van der Waals surface area contributed by atoms with Gasteiger partial charge in [0.15, 0.2) is 0 Å². The highest BCUT2D eigenvalue weighted by Crippen LogP contribution is 2.48. The highest BCUT2D eigenvalue weighted by molar-refractivity contribution is 5.00. The summed E-state index contributed by atoms with van der Waals surface area (Å²) in [5.41, 5.74) is 3.01. The van der Waals surface area contributed by atoms with Crippen LogP contribution in [0.1, 0.15) is 106 Å². The molecule has 0 amide bonds. The maximum Gasteiger partial charge on any atom is -0.0314 e. The van der Waals surface area contributed by atoms with E-state index in [1.54, 1.807) is 0 Å². The molecule has 0 aromatic heterocycles. The van der Waals surface area contributed by atoms with Crippen LogP contribution >= 0.6 is 0 Å². The Labute approximate surface area is 164 Å². The third kappa shape index (κ3) is 6.28. The molecule has 2 aliphatic carbocycles. The van der Waals surface area contributed by atoms with Crippen LogP contribution in [0.5, 0.6) is 0 Å². The molecule has 0 N–H and O–H groups in total. The molecule has 0 aromatic rings. The molecule has 0 aromatic carbocycles. The van der Waals surface area contributed by atoms with Gasteiger partial charge in [-0.2, -0.15) is 0 Å². The lowest BCUT2D eigenvalue weighted by atomic mass is 9.59. The zero-order valence-electron chi connectivity index (χ0n) is 18.7. The Kier molecular flexibility index (Phi) is 8.98. The van der Waals surface area contributed by atoms with Gasteiger partial charge in [-0.25, -0.2) is 0 Å². The first kappa shape index (κ1) is 21.8. The average molecular weight is 359 g/mol. The van der Waals surface area contributed by atoms with E-state index in [4.69, 9.17) is 0 Å². The fraction of sp³-hybridized carbons (Fsp3) is 0.846. The number of hydrogen-bond acceptors (Lipinski definition) is 0. The summed E-state index contributed by atoms with van der Waals surface area (Å²) in [7, 11) is 0. The van der Waals surface area contributed by atoms with E-state index in [1.165, 1.54) is 75.4 Å². The van der Waals surface area contributed by atoms with Crippen LogP contribution in [0.3, 0.4) is 0 Å². The summed E-state index contributed by atoms with van der Waals surface area (Å²) in [6.07, 6.45) is 19.5.